The summed E-state index contributed by atoms with van der Waals surface area (Å²) >= 11 is 5.58. The minimum Gasteiger partial charge on any atom is -0.272 e. The third-order valence-corrected chi connectivity index (χ3v) is 4.47. The Hall–Kier alpha value is -2.14. The van der Waals surface area contributed by atoms with Gasteiger partial charge in [0.2, 0.25) is 0 Å². The van der Waals surface area contributed by atoms with Crippen LogP contribution in [0.3, 0.4) is 0 Å². The summed E-state index contributed by atoms with van der Waals surface area (Å²) in [6, 6.07) is 1.54. The summed E-state index contributed by atoms with van der Waals surface area (Å²) in [6.45, 7) is 1.21. The zero-order valence-corrected chi connectivity index (χ0v) is 13.5. The lowest BCUT2D eigenvalue weighted by atomic mass is 10.3. The first-order valence-corrected chi connectivity index (χ1v) is 8.17. The second-order valence-electron chi connectivity index (χ2n) is 4.64. The Kier molecular flexibility index (Phi) is 4.85. The van der Waals surface area contributed by atoms with Gasteiger partial charge >= 0.3 is 6.18 Å². The molecule has 1 unspecified atom stereocenters. The zero-order chi connectivity index (χ0) is 18.1. The van der Waals surface area contributed by atoms with Crippen LogP contribution in [0.2, 0.25) is 5.15 Å². The van der Waals surface area contributed by atoms with Gasteiger partial charge in [-0.25, -0.2) is 18.1 Å². The normalized spacial score (nSPS) is 13.5. The maximum Gasteiger partial charge on any atom is 0.435 e. The molecule has 1 N–H and O–H groups in total. The van der Waals surface area contributed by atoms with E-state index in [0.717, 1.165) is 24.5 Å². The van der Waals surface area contributed by atoms with Crippen molar-refractivity contribution in [3.63, 3.8) is 0 Å². The number of hydrogen-bond acceptors (Lipinski definition) is 5. The Labute approximate surface area is 139 Å². The van der Waals surface area contributed by atoms with Crippen LogP contribution in [0.25, 0.3) is 0 Å². The molecule has 0 spiro atoms. The van der Waals surface area contributed by atoms with E-state index < -0.39 is 33.8 Å². The Morgan fingerprint density at radius 2 is 2.04 bits per heavy atom. The molecule has 1 amide bonds. The number of carbonyl (C=O) groups is 1. The summed E-state index contributed by atoms with van der Waals surface area (Å²) in [5.74, 6) is -1.06. The van der Waals surface area contributed by atoms with Gasteiger partial charge in [0.1, 0.15) is 11.2 Å². The van der Waals surface area contributed by atoms with Crippen molar-refractivity contribution in [1.82, 2.24) is 19.5 Å². The molecule has 0 aromatic carbocycles. The van der Waals surface area contributed by atoms with E-state index in [4.69, 9.17) is 11.6 Å². The fourth-order valence-electron chi connectivity index (χ4n) is 1.65. The van der Waals surface area contributed by atoms with E-state index in [1.54, 1.807) is 4.72 Å². The number of pyridine rings is 1. The van der Waals surface area contributed by atoms with E-state index >= 15 is 0 Å². The molecule has 2 rings (SSSR count). The average Bonchev–Trinajstić information content (AvgIpc) is 2.95. The second-order valence-corrected chi connectivity index (χ2v) is 6.71. The first-order valence-electron chi connectivity index (χ1n) is 6.31. The summed E-state index contributed by atoms with van der Waals surface area (Å²) < 4.78 is 64.1. The van der Waals surface area contributed by atoms with Gasteiger partial charge < -0.3 is 0 Å². The number of nitrogens with zero attached hydrogens (tertiary/aromatic N) is 3. The van der Waals surface area contributed by atoms with Crippen LogP contribution in [-0.4, -0.2) is 29.1 Å². The number of amides is 1. The number of rotatable bonds is 4. The molecule has 2 heterocycles. The average molecular weight is 383 g/mol. The number of nitrogens with one attached hydrogen (secondary N) is 1. The van der Waals surface area contributed by atoms with Crippen LogP contribution in [0.15, 0.2) is 35.5 Å². The number of carbonyl (C=O) groups excluding carboxylic acids is 1. The van der Waals surface area contributed by atoms with E-state index in [-0.39, 0.29) is 10.0 Å². The predicted molar refractivity (Wildman–Crippen MR) is 76.5 cm³/mol. The van der Waals surface area contributed by atoms with Crippen LogP contribution in [0.4, 0.5) is 13.2 Å². The van der Waals surface area contributed by atoms with E-state index in [0.29, 0.717) is 10.7 Å². The summed E-state index contributed by atoms with van der Waals surface area (Å²) in [6.07, 6.45) is -2.60. The second kappa shape index (κ2) is 6.40. The van der Waals surface area contributed by atoms with Crippen LogP contribution < -0.4 is 4.72 Å². The molecule has 0 saturated carbocycles. The molecule has 12 heteroatoms. The van der Waals surface area contributed by atoms with Crippen LogP contribution in [0.5, 0.6) is 0 Å². The topological polar surface area (TPSA) is 94.0 Å². The summed E-state index contributed by atoms with van der Waals surface area (Å²) in [7, 11) is -4.24. The maximum absolute atomic E-state index is 12.5. The number of alkyl halides is 3. The molecule has 0 fully saturated rings. The molecule has 0 bridgehead atoms. The van der Waals surface area contributed by atoms with Crippen molar-refractivity contribution in [3.05, 3.63) is 41.4 Å². The van der Waals surface area contributed by atoms with Gasteiger partial charge in [-0.3, -0.25) is 9.48 Å². The number of hydrogen-bond donors (Lipinski definition) is 1. The summed E-state index contributed by atoms with van der Waals surface area (Å²) in [4.78, 5) is 15.3. The van der Waals surface area contributed by atoms with E-state index in [9.17, 15) is 26.4 Å². The molecule has 0 aliphatic carbocycles. The summed E-state index contributed by atoms with van der Waals surface area (Å²) in [5.41, 5.74) is -1.19. The maximum atomic E-state index is 12.5. The fourth-order valence-corrected chi connectivity index (χ4v) is 2.95. The Morgan fingerprint density at radius 3 is 2.58 bits per heavy atom. The lowest BCUT2D eigenvalue weighted by Gasteiger charge is -2.13. The van der Waals surface area contributed by atoms with Gasteiger partial charge in [-0.05, 0) is 25.1 Å². The highest BCUT2D eigenvalue weighted by molar-refractivity contribution is 7.90. The summed E-state index contributed by atoms with van der Waals surface area (Å²) in [5, 5.41) is 3.13. The Balaban J connectivity index is 2.18. The molecule has 7 nitrogen and oxygen atoms in total. The van der Waals surface area contributed by atoms with Crippen molar-refractivity contribution in [2.75, 3.05) is 0 Å². The highest BCUT2D eigenvalue weighted by atomic mass is 35.5. The quantitative estimate of drug-likeness (QED) is 0.816. The van der Waals surface area contributed by atoms with Gasteiger partial charge in [0.05, 0.1) is 4.90 Å². The van der Waals surface area contributed by atoms with Gasteiger partial charge in [-0.2, -0.15) is 18.3 Å². The minimum atomic E-state index is -4.67. The SMILES string of the molecule is CC(C(=O)NS(=O)(=O)c1ccnc(Cl)c1)n1ccc(C(F)(F)F)n1. The van der Waals surface area contributed by atoms with Crippen molar-refractivity contribution >= 4 is 27.5 Å². The van der Waals surface area contributed by atoms with Crippen LogP contribution in [0, 0.1) is 0 Å². The van der Waals surface area contributed by atoms with Crippen LogP contribution in [0.1, 0.15) is 18.7 Å². The van der Waals surface area contributed by atoms with Gasteiger partial charge in [0.25, 0.3) is 15.9 Å². The molecule has 130 valence electrons. The molecular formula is C12H10ClF3N4O3S. The molecular weight excluding hydrogens is 373 g/mol. The van der Waals surface area contributed by atoms with Crippen molar-refractivity contribution in [2.45, 2.75) is 24.0 Å². The minimum absolute atomic E-state index is 0.0970. The van der Waals surface area contributed by atoms with Gasteiger partial charge in [0.15, 0.2) is 5.69 Å². The van der Waals surface area contributed by atoms with Crippen molar-refractivity contribution in [2.24, 2.45) is 0 Å². The van der Waals surface area contributed by atoms with Crippen molar-refractivity contribution in [1.29, 1.82) is 0 Å². The molecule has 0 aliphatic heterocycles. The first-order chi connectivity index (χ1) is 11.0. The molecule has 2 aromatic heterocycles. The third-order valence-electron chi connectivity index (χ3n) is 2.92. The molecule has 1 atom stereocenters. The van der Waals surface area contributed by atoms with Gasteiger partial charge in [-0.1, -0.05) is 11.6 Å². The smallest absolute Gasteiger partial charge is 0.272 e. The van der Waals surface area contributed by atoms with E-state index in [1.165, 1.54) is 6.92 Å². The van der Waals surface area contributed by atoms with Crippen molar-refractivity contribution < 1.29 is 26.4 Å². The van der Waals surface area contributed by atoms with Crippen molar-refractivity contribution in [3.8, 4) is 0 Å². The third kappa shape index (κ3) is 4.03. The Morgan fingerprint density at radius 1 is 1.38 bits per heavy atom. The first kappa shape index (κ1) is 18.2. The molecule has 2 aromatic rings. The standard InChI is InChI=1S/C12H10ClF3N4O3S/c1-7(20-5-3-9(18-20)12(14,15)16)11(21)19-24(22,23)8-2-4-17-10(13)6-8/h2-7H,1H3,(H,19,21). The number of halogens is 4. The number of aromatic nitrogens is 3. The largest absolute Gasteiger partial charge is 0.435 e. The Bertz CT molecular complexity index is 866. The van der Waals surface area contributed by atoms with E-state index in [2.05, 4.69) is 10.1 Å². The highest BCUT2D eigenvalue weighted by Gasteiger charge is 2.34. The number of sulfonamides is 1. The van der Waals surface area contributed by atoms with Crippen LogP contribution >= 0.6 is 11.6 Å². The molecule has 24 heavy (non-hydrogen) atoms. The fraction of sp³-hybridized carbons (Fsp3) is 0.250. The zero-order valence-electron chi connectivity index (χ0n) is 12.0. The van der Waals surface area contributed by atoms with Crippen LogP contribution in [-0.2, 0) is 21.0 Å². The molecule has 0 radical (unpaired) electrons. The monoisotopic (exact) mass is 382 g/mol. The highest BCUT2D eigenvalue weighted by Crippen LogP contribution is 2.27. The van der Waals surface area contributed by atoms with Gasteiger partial charge in [-0.15, -0.1) is 0 Å². The predicted octanol–water partition coefficient (Wildman–Crippen LogP) is 2.02. The lowest BCUT2D eigenvalue weighted by Crippen LogP contribution is -2.36. The molecule has 0 aliphatic rings. The van der Waals surface area contributed by atoms with Gasteiger partial charge in [0, 0.05) is 12.4 Å². The lowest BCUT2D eigenvalue weighted by molar-refractivity contribution is -0.142. The van der Waals surface area contributed by atoms with E-state index in [1.807, 2.05) is 0 Å². The molecule has 0 saturated heterocycles.